The quantitative estimate of drug-likeness (QED) is 0.696. The number of nitrogens with zero attached hydrogens (tertiary/aromatic N) is 1. The molecule has 0 spiro atoms. The Balaban J connectivity index is 1.26. The van der Waals surface area contributed by atoms with E-state index in [9.17, 15) is 4.79 Å². The van der Waals surface area contributed by atoms with E-state index in [2.05, 4.69) is 95.4 Å². The maximum atomic E-state index is 13.2. The van der Waals surface area contributed by atoms with Gasteiger partial charge in [-0.3, -0.25) is 15.0 Å². The van der Waals surface area contributed by atoms with E-state index in [1.807, 2.05) is 0 Å². The molecule has 32 heavy (non-hydrogen) atoms. The van der Waals surface area contributed by atoms with Crippen molar-refractivity contribution in [1.29, 1.82) is 0 Å². The number of allylic oxidation sites excluding steroid dienone is 1. The Labute approximate surface area is 191 Å². The zero-order chi connectivity index (χ0) is 22.1. The van der Waals surface area contributed by atoms with Crippen LogP contribution in [0.5, 0.6) is 0 Å². The van der Waals surface area contributed by atoms with Crippen LogP contribution in [0.15, 0.2) is 54.6 Å². The van der Waals surface area contributed by atoms with E-state index in [0.29, 0.717) is 5.92 Å². The molecule has 3 heterocycles. The molecule has 4 atom stereocenters. The lowest BCUT2D eigenvalue weighted by atomic mass is 9.81. The van der Waals surface area contributed by atoms with Gasteiger partial charge >= 0.3 is 0 Å². The van der Waals surface area contributed by atoms with E-state index in [4.69, 9.17) is 0 Å². The topological polar surface area (TPSA) is 56.4 Å². The molecule has 0 aromatic heterocycles. The number of carbonyl (C=O) groups is 1. The smallest absolute Gasteiger partial charge is 0.228 e. The van der Waals surface area contributed by atoms with Crippen molar-refractivity contribution in [2.24, 2.45) is 11.8 Å². The molecule has 5 nitrogen and oxygen atoms in total. The summed E-state index contributed by atoms with van der Waals surface area (Å²) in [7, 11) is 0. The Kier molecular flexibility index (Phi) is 6.13. The van der Waals surface area contributed by atoms with Gasteiger partial charge in [0, 0.05) is 13.1 Å². The van der Waals surface area contributed by atoms with Crippen molar-refractivity contribution >= 4 is 12.0 Å². The number of hydrogen-bond donors (Lipinski definition) is 3. The first-order chi connectivity index (χ1) is 15.6. The van der Waals surface area contributed by atoms with Crippen LogP contribution < -0.4 is 16.0 Å². The van der Waals surface area contributed by atoms with Gasteiger partial charge in [0.05, 0.1) is 12.1 Å². The summed E-state index contributed by atoms with van der Waals surface area (Å²) in [5, 5.41) is 10.5. The molecule has 5 rings (SSSR count). The zero-order valence-electron chi connectivity index (χ0n) is 19.1. The van der Waals surface area contributed by atoms with Crippen molar-refractivity contribution in [3.05, 3.63) is 76.9 Å². The molecule has 0 saturated carbocycles. The van der Waals surface area contributed by atoms with Crippen LogP contribution in [0.3, 0.4) is 0 Å². The number of nitrogens with one attached hydrogen (secondary N) is 3. The highest BCUT2D eigenvalue weighted by molar-refractivity contribution is 5.81. The first-order valence-electron chi connectivity index (χ1n) is 12.0. The van der Waals surface area contributed by atoms with Gasteiger partial charge in [-0.05, 0) is 53.5 Å². The Morgan fingerprint density at radius 2 is 1.84 bits per heavy atom. The predicted molar refractivity (Wildman–Crippen MR) is 129 cm³/mol. The highest BCUT2D eigenvalue weighted by atomic mass is 16.2. The van der Waals surface area contributed by atoms with E-state index in [1.165, 1.54) is 22.3 Å². The largest absolute Gasteiger partial charge is 0.328 e. The average Bonchev–Trinajstić information content (AvgIpc) is 2.82. The van der Waals surface area contributed by atoms with E-state index in [1.54, 1.807) is 0 Å². The third-order valence-electron chi connectivity index (χ3n) is 7.25. The first-order valence-corrected chi connectivity index (χ1v) is 12.0. The molecule has 2 aromatic carbocycles. The predicted octanol–water partition coefficient (Wildman–Crippen LogP) is 3.44. The second-order valence-electron chi connectivity index (χ2n) is 9.66. The van der Waals surface area contributed by atoms with Crippen molar-refractivity contribution in [2.45, 2.75) is 51.6 Å². The summed E-state index contributed by atoms with van der Waals surface area (Å²) in [6.45, 7) is 7.15. The summed E-state index contributed by atoms with van der Waals surface area (Å²) in [4.78, 5) is 15.6. The summed E-state index contributed by atoms with van der Waals surface area (Å²) in [6, 6.07) is 17.4. The molecule has 168 valence electrons. The van der Waals surface area contributed by atoms with E-state index >= 15 is 0 Å². The van der Waals surface area contributed by atoms with Crippen molar-refractivity contribution < 1.29 is 4.79 Å². The molecule has 0 bridgehead atoms. The highest BCUT2D eigenvalue weighted by Gasteiger charge is 2.43. The lowest BCUT2D eigenvalue weighted by molar-refractivity contribution is -0.136. The molecule has 2 aromatic rings. The number of fused-ring (bicyclic) bond motifs is 2. The summed E-state index contributed by atoms with van der Waals surface area (Å²) >= 11 is 0. The van der Waals surface area contributed by atoms with Gasteiger partial charge in [-0.15, -0.1) is 0 Å². The fourth-order valence-electron chi connectivity index (χ4n) is 5.29. The third kappa shape index (κ3) is 4.38. The van der Waals surface area contributed by atoms with Crippen molar-refractivity contribution in [1.82, 2.24) is 20.9 Å². The minimum atomic E-state index is -0.129. The summed E-state index contributed by atoms with van der Waals surface area (Å²) in [5.41, 5.74) is 5.33. The second-order valence-corrected chi connectivity index (χ2v) is 9.66. The molecule has 3 N–H and O–H groups in total. The summed E-state index contributed by atoms with van der Waals surface area (Å²) in [5.74, 6) is 0.816. The number of carbonyl (C=O) groups excluding carboxylic acids is 1. The van der Waals surface area contributed by atoms with Gasteiger partial charge in [-0.25, -0.2) is 0 Å². The molecule has 2 saturated heterocycles. The SMILES string of the molecule is CC(C)c1ccc(/C=C/C2CCNC3NC(N4CCc5ccccc5C4)NC(=O)C23)cc1. The van der Waals surface area contributed by atoms with Gasteiger partial charge < -0.3 is 10.6 Å². The molecule has 1 amide bonds. The molecule has 0 aliphatic carbocycles. The molecular weight excluding hydrogens is 396 g/mol. The first kappa shape index (κ1) is 21.4. The number of amides is 1. The molecular formula is C27H34N4O. The van der Waals surface area contributed by atoms with Crippen molar-refractivity contribution in [3.8, 4) is 0 Å². The van der Waals surface area contributed by atoms with Gasteiger partial charge in [-0.1, -0.05) is 74.5 Å². The maximum absolute atomic E-state index is 13.2. The second kappa shape index (κ2) is 9.18. The number of piperidine rings is 1. The fraction of sp³-hybridized carbons (Fsp3) is 0.444. The van der Waals surface area contributed by atoms with Crippen molar-refractivity contribution in [3.63, 3.8) is 0 Å². The van der Waals surface area contributed by atoms with Gasteiger partial charge in [0.1, 0.15) is 6.29 Å². The minimum absolute atomic E-state index is 0.00219. The highest BCUT2D eigenvalue weighted by Crippen LogP contribution is 2.29. The maximum Gasteiger partial charge on any atom is 0.228 e. The lowest BCUT2D eigenvalue weighted by Crippen LogP contribution is -2.72. The van der Waals surface area contributed by atoms with Crippen LogP contribution in [0.25, 0.3) is 6.08 Å². The molecule has 0 radical (unpaired) electrons. The minimum Gasteiger partial charge on any atom is -0.328 e. The van der Waals surface area contributed by atoms with Crippen LogP contribution in [0.4, 0.5) is 0 Å². The van der Waals surface area contributed by atoms with Crippen LogP contribution in [-0.2, 0) is 17.8 Å². The Morgan fingerprint density at radius 1 is 1.06 bits per heavy atom. The monoisotopic (exact) mass is 430 g/mol. The normalized spacial score (nSPS) is 28.4. The number of benzene rings is 2. The van der Waals surface area contributed by atoms with Crippen LogP contribution >= 0.6 is 0 Å². The van der Waals surface area contributed by atoms with Gasteiger partial charge in [0.2, 0.25) is 5.91 Å². The van der Waals surface area contributed by atoms with Crippen LogP contribution in [-0.4, -0.2) is 36.4 Å². The molecule has 3 aliphatic heterocycles. The molecule has 5 heteroatoms. The Morgan fingerprint density at radius 3 is 2.62 bits per heavy atom. The Hall–Kier alpha value is -2.47. The average molecular weight is 431 g/mol. The van der Waals surface area contributed by atoms with Gasteiger partial charge in [0.15, 0.2) is 0 Å². The van der Waals surface area contributed by atoms with Crippen LogP contribution in [0.2, 0.25) is 0 Å². The molecule has 2 fully saturated rings. The lowest BCUT2D eigenvalue weighted by Gasteiger charge is -2.47. The third-order valence-corrected chi connectivity index (χ3v) is 7.25. The van der Waals surface area contributed by atoms with Gasteiger partial charge in [0.25, 0.3) is 0 Å². The summed E-state index contributed by atoms with van der Waals surface area (Å²) < 4.78 is 0. The Bertz CT molecular complexity index is 983. The van der Waals surface area contributed by atoms with E-state index in [0.717, 1.165) is 32.5 Å². The summed E-state index contributed by atoms with van der Waals surface area (Å²) in [6.07, 6.45) is 6.28. The van der Waals surface area contributed by atoms with Crippen LogP contribution in [0.1, 0.15) is 48.4 Å². The zero-order valence-corrected chi connectivity index (χ0v) is 19.1. The standard InChI is InChI=1S/C27H34N4O/c1-18(2)20-10-7-19(8-11-20)9-12-22-13-15-28-25-24(22)26(32)30-27(29-25)31-16-14-21-5-3-4-6-23(21)17-31/h3-12,18,22,24-25,27-29H,13-17H2,1-2H3,(H,30,32)/b12-9+. The number of hydrogen-bond acceptors (Lipinski definition) is 4. The molecule has 3 aliphatic rings. The van der Waals surface area contributed by atoms with Gasteiger partial charge in [-0.2, -0.15) is 0 Å². The molecule has 4 unspecified atom stereocenters. The number of rotatable bonds is 4. The van der Waals surface area contributed by atoms with E-state index in [-0.39, 0.29) is 30.2 Å². The fourth-order valence-corrected chi connectivity index (χ4v) is 5.29. The van der Waals surface area contributed by atoms with Crippen molar-refractivity contribution in [2.75, 3.05) is 13.1 Å². The van der Waals surface area contributed by atoms with E-state index < -0.39 is 0 Å². The van der Waals surface area contributed by atoms with Crippen LogP contribution in [0, 0.1) is 11.8 Å².